The van der Waals surface area contributed by atoms with E-state index in [1.165, 1.54) is 13.3 Å². The molecular formula is C7H6ClNO3. The fraction of sp³-hybridized carbons (Fsp3) is 0.143. The summed E-state index contributed by atoms with van der Waals surface area (Å²) in [5.74, 6) is -0.964. The minimum atomic E-state index is -0.681. The van der Waals surface area contributed by atoms with Crippen LogP contribution in [-0.4, -0.2) is 23.2 Å². The Hall–Kier alpha value is -1.29. The van der Waals surface area contributed by atoms with Crippen LogP contribution in [0.15, 0.2) is 12.4 Å². The zero-order valence-electron chi connectivity index (χ0n) is 6.24. The maximum Gasteiger partial charge on any atom is 0.343 e. The van der Waals surface area contributed by atoms with Crippen molar-refractivity contribution in [1.29, 1.82) is 0 Å². The van der Waals surface area contributed by atoms with Gasteiger partial charge in [0.05, 0.1) is 18.3 Å². The highest BCUT2D eigenvalue weighted by Crippen LogP contribution is 2.23. The first kappa shape index (κ1) is 8.80. The minimum Gasteiger partial charge on any atom is -0.505 e. The number of aromatic hydroxyl groups is 1. The number of nitrogens with zero attached hydrogens (tertiary/aromatic N) is 1. The van der Waals surface area contributed by atoms with E-state index in [1.54, 1.807) is 0 Å². The molecule has 0 atom stereocenters. The maximum atomic E-state index is 11.0. The van der Waals surface area contributed by atoms with Crippen molar-refractivity contribution >= 4 is 17.6 Å². The average Bonchev–Trinajstić information content (AvgIpc) is 2.03. The number of methoxy groups -OCH3 is 1. The quantitative estimate of drug-likeness (QED) is 0.672. The summed E-state index contributed by atoms with van der Waals surface area (Å²) in [6, 6.07) is 0. The van der Waals surface area contributed by atoms with E-state index in [2.05, 4.69) is 9.72 Å². The molecule has 0 saturated carbocycles. The van der Waals surface area contributed by atoms with E-state index in [-0.39, 0.29) is 16.3 Å². The van der Waals surface area contributed by atoms with Crippen LogP contribution < -0.4 is 0 Å². The van der Waals surface area contributed by atoms with Gasteiger partial charge in [-0.05, 0) is 0 Å². The van der Waals surface area contributed by atoms with Crippen molar-refractivity contribution in [3.05, 3.63) is 23.0 Å². The van der Waals surface area contributed by atoms with Crippen molar-refractivity contribution in [2.75, 3.05) is 7.11 Å². The Kier molecular flexibility index (Phi) is 2.50. The van der Waals surface area contributed by atoms with E-state index >= 15 is 0 Å². The lowest BCUT2D eigenvalue weighted by molar-refractivity contribution is 0.0597. The highest BCUT2D eigenvalue weighted by molar-refractivity contribution is 6.33. The Morgan fingerprint density at radius 3 is 2.83 bits per heavy atom. The van der Waals surface area contributed by atoms with Crippen LogP contribution in [-0.2, 0) is 4.74 Å². The molecule has 4 nitrogen and oxygen atoms in total. The van der Waals surface area contributed by atoms with Crippen molar-refractivity contribution in [1.82, 2.24) is 4.98 Å². The number of aromatic nitrogens is 1. The smallest absolute Gasteiger partial charge is 0.343 e. The highest BCUT2D eigenvalue weighted by Gasteiger charge is 2.15. The number of pyridine rings is 1. The molecule has 0 amide bonds. The number of halogens is 1. The van der Waals surface area contributed by atoms with Crippen LogP contribution in [0.1, 0.15) is 10.4 Å². The predicted molar refractivity (Wildman–Crippen MR) is 42.3 cm³/mol. The van der Waals surface area contributed by atoms with E-state index in [9.17, 15) is 4.79 Å². The summed E-state index contributed by atoms with van der Waals surface area (Å²) in [6.07, 6.45) is 2.38. The molecule has 64 valence electrons. The van der Waals surface area contributed by atoms with E-state index in [0.717, 1.165) is 6.20 Å². The molecule has 0 fully saturated rings. The molecule has 0 radical (unpaired) electrons. The molecule has 1 aromatic heterocycles. The topological polar surface area (TPSA) is 59.4 Å². The Morgan fingerprint density at radius 2 is 2.33 bits per heavy atom. The summed E-state index contributed by atoms with van der Waals surface area (Å²) < 4.78 is 4.39. The SMILES string of the molecule is COC(=O)c1c(O)cncc1Cl. The Labute approximate surface area is 73.8 Å². The molecule has 1 aromatic rings. The van der Waals surface area contributed by atoms with Gasteiger partial charge in [0.25, 0.3) is 0 Å². The molecule has 0 unspecified atom stereocenters. The number of ether oxygens (including phenoxy) is 1. The van der Waals surface area contributed by atoms with Crippen LogP contribution in [0.25, 0.3) is 0 Å². The monoisotopic (exact) mass is 187 g/mol. The van der Waals surface area contributed by atoms with E-state index < -0.39 is 5.97 Å². The van der Waals surface area contributed by atoms with Gasteiger partial charge in [-0.15, -0.1) is 0 Å². The van der Waals surface area contributed by atoms with Crippen molar-refractivity contribution in [3.8, 4) is 5.75 Å². The Bertz CT molecular complexity index is 293. The second kappa shape index (κ2) is 3.40. The third-order valence-electron chi connectivity index (χ3n) is 1.27. The van der Waals surface area contributed by atoms with E-state index in [0.29, 0.717) is 0 Å². The van der Waals surface area contributed by atoms with Crippen molar-refractivity contribution < 1.29 is 14.6 Å². The van der Waals surface area contributed by atoms with Crippen LogP contribution in [0.2, 0.25) is 5.02 Å². The minimum absolute atomic E-state index is 0.0610. The molecule has 0 aliphatic heterocycles. The first-order valence-electron chi connectivity index (χ1n) is 3.07. The number of esters is 1. The highest BCUT2D eigenvalue weighted by atomic mass is 35.5. The summed E-state index contributed by atoms with van der Waals surface area (Å²) in [5, 5.41) is 9.22. The molecule has 5 heteroatoms. The standard InChI is InChI=1S/C7H6ClNO3/c1-12-7(11)6-4(8)2-9-3-5(6)10/h2-3,10H,1H3. The zero-order valence-corrected chi connectivity index (χ0v) is 7.00. The van der Waals surface area contributed by atoms with Gasteiger partial charge in [-0.2, -0.15) is 0 Å². The van der Waals surface area contributed by atoms with Gasteiger partial charge < -0.3 is 9.84 Å². The predicted octanol–water partition coefficient (Wildman–Crippen LogP) is 1.23. The van der Waals surface area contributed by atoms with E-state index in [4.69, 9.17) is 16.7 Å². The van der Waals surface area contributed by atoms with Gasteiger partial charge in [-0.3, -0.25) is 4.98 Å². The van der Waals surface area contributed by atoms with Crippen LogP contribution in [0.4, 0.5) is 0 Å². The van der Waals surface area contributed by atoms with Crippen LogP contribution >= 0.6 is 11.6 Å². The van der Waals surface area contributed by atoms with Gasteiger partial charge in [0, 0.05) is 6.20 Å². The van der Waals surface area contributed by atoms with Gasteiger partial charge in [0.15, 0.2) is 0 Å². The number of rotatable bonds is 1. The Morgan fingerprint density at radius 1 is 1.67 bits per heavy atom. The molecule has 1 rings (SSSR count). The third kappa shape index (κ3) is 1.48. The lowest BCUT2D eigenvalue weighted by Crippen LogP contribution is -2.02. The van der Waals surface area contributed by atoms with Crippen molar-refractivity contribution in [2.24, 2.45) is 0 Å². The number of hydrogen-bond acceptors (Lipinski definition) is 4. The van der Waals surface area contributed by atoms with Crippen molar-refractivity contribution in [3.63, 3.8) is 0 Å². The van der Waals surface area contributed by atoms with Gasteiger partial charge >= 0.3 is 5.97 Å². The lowest BCUT2D eigenvalue weighted by atomic mass is 10.2. The maximum absolute atomic E-state index is 11.0. The molecule has 0 bridgehead atoms. The summed E-state index contributed by atoms with van der Waals surface area (Å²) >= 11 is 5.58. The fourth-order valence-electron chi connectivity index (χ4n) is 0.729. The summed E-state index contributed by atoms with van der Waals surface area (Å²) in [5.41, 5.74) is -0.0610. The number of carbonyl (C=O) groups excluding carboxylic acids is 1. The largest absolute Gasteiger partial charge is 0.505 e. The van der Waals surface area contributed by atoms with Gasteiger partial charge in [0.1, 0.15) is 11.3 Å². The van der Waals surface area contributed by atoms with Crippen molar-refractivity contribution in [2.45, 2.75) is 0 Å². The molecule has 0 aromatic carbocycles. The molecule has 1 heterocycles. The molecule has 0 aliphatic rings. The molecule has 0 saturated heterocycles. The lowest BCUT2D eigenvalue weighted by Gasteiger charge is -2.02. The number of carbonyl (C=O) groups is 1. The summed E-state index contributed by atoms with van der Waals surface area (Å²) in [4.78, 5) is 14.5. The normalized spacial score (nSPS) is 9.50. The third-order valence-corrected chi connectivity index (χ3v) is 1.56. The second-order valence-corrected chi connectivity index (χ2v) is 2.41. The molecule has 1 N–H and O–H groups in total. The number of hydrogen-bond donors (Lipinski definition) is 1. The zero-order chi connectivity index (χ0) is 9.14. The first-order chi connectivity index (χ1) is 5.66. The van der Waals surface area contributed by atoms with Crippen LogP contribution in [0.3, 0.4) is 0 Å². The summed E-state index contributed by atoms with van der Waals surface area (Å²) in [6.45, 7) is 0. The van der Waals surface area contributed by atoms with E-state index in [1.807, 2.05) is 0 Å². The summed E-state index contributed by atoms with van der Waals surface area (Å²) in [7, 11) is 1.21. The first-order valence-corrected chi connectivity index (χ1v) is 3.45. The van der Waals surface area contributed by atoms with Crippen LogP contribution in [0, 0.1) is 0 Å². The van der Waals surface area contributed by atoms with Gasteiger partial charge in [0.2, 0.25) is 0 Å². The van der Waals surface area contributed by atoms with Gasteiger partial charge in [-0.1, -0.05) is 11.6 Å². The second-order valence-electron chi connectivity index (χ2n) is 2.01. The molecule has 0 spiro atoms. The van der Waals surface area contributed by atoms with Gasteiger partial charge in [-0.25, -0.2) is 4.79 Å². The van der Waals surface area contributed by atoms with Crippen LogP contribution in [0.5, 0.6) is 5.75 Å². The molecular weight excluding hydrogens is 182 g/mol. The molecule has 0 aliphatic carbocycles. The Balaban J connectivity index is 3.21. The molecule has 12 heavy (non-hydrogen) atoms. The fourth-order valence-corrected chi connectivity index (χ4v) is 0.959. The average molecular weight is 188 g/mol.